The molecule has 1 unspecified atom stereocenters. The van der Waals surface area contributed by atoms with Gasteiger partial charge in [-0.1, -0.05) is 6.92 Å². The van der Waals surface area contributed by atoms with Crippen LogP contribution in [0.25, 0.3) is 0 Å². The minimum Gasteiger partial charge on any atom is -0.330 e. The third kappa shape index (κ3) is 5.57. The Labute approximate surface area is 108 Å². The van der Waals surface area contributed by atoms with Crippen LogP contribution in [-0.4, -0.2) is 37.3 Å². The van der Waals surface area contributed by atoms with Crippen molar-refractivity contribution >= 4 is 0 Å². The lowest BCUT2D eigenvalue weighted by atomic mass is 9.95. The van der Waals surface area contributed by atoms with E-state index in [2.05, 4.69) is 11.8 Å². The van der Waals surface area contributed by atoms with E-state index in [9.17, 15) is 13.2 Å². The first-order chi connectivity index (χ1) is 8.43. The highest BCUT2D eigenvalue weighted by molar-refractivity contribution is 4.77. The molecule has 2 N–H and O–H groups in total. The zero-order valence-electron chi connectivity index (χ0n) is 11.2. The van der Waals surface area contributed by atoms with Gasteiger partial charge in [-0.05, 0) is 64.2 Å². The second-order valence-electron chi connectivity index (χ2n) is 5.48. The molecule has 5 heteroatoms. The van der Waals surface area contributed by atoms with Crippen LogP contribution in [0.4, 0.5) is 13.2 Å². The second kappa shape index (κ2) is 7.34. The molecule has 1 fully saturated rings. The summed E-state index contributed by atoms with van der Waals surface area (Å²) in [7, 11) is 0. The molecule has 0 aromatic rings. The van der Waals surface area contributed by atoms with Crippen LogP contribution in [0.5, 0.6) is 0 Å². The van der Waals surface area contributed by atoms with Gasteiger partial charge in [-0.25, -0.2) is 0 Å². The van der Waals surface area contributed by atoms with Gasteiger partial charge in [0.2, 0.25) is 0 Å². The molecule has 1 heterocycles. The fourth-order valence-corrected chi connectivity index (χ4v) is 2.58. The number of hydrogen-bond donors (Lipinski definition) is 1. The highest BCUT2D eigenvalue weighted by Crippen LogP contribution is 2.34. The Kier molecular flexibility index (Phi) is 6.43. The summed E-state index contributed by atoms with van der Waals surface area (Å²) >= 11 is 0. The molecule has 108 valence electrons. The van der Waals surface area contributed by atoms with Gasteiger partial charge in [0.05, 0.1) is 5.92 Å². The minimum atomic E-state index is -4.00. The first kappa shape index (κ1) is 15.8. The monoisotopic (exact) mass is 266 g/mol. The highest BCUT2D eigenvalue weighted by atomic mass is 19.4. The third-order valence-electron chi connectivity index (χ3n) is 3.88. The van der Waals surface area contributed by atoms with Gasteiger partial charge in [0, 0.05) is 0 Å². The van der Waals surface area contributed by atoms with Gasteiger partial charge < -0.3 is 10.6 Å². The van der Waals surface area contributed by atoms with Gasteiger partial charge in [-0.3, -0.25) is 0 Å². The maximum atomic E-state index is 12.5. The molecule has 0 spiro atoms. The van der Waals surface area contributed by atoms with Crippen LogP contribution >= 0.6 is 0 Å². The lowest BCUT2D eigenvalue weighted by molar-refractivity contribution is -0.185. The van der Waals surface area contributed by atoms with Crippen molar-refractivity contribution in [1.82, 2.24) is 4.90 Å². The molecule has 0 saturated carbocycles. The molecule has 0 radical (unpaired) electrons. The van der Waals surface area contributed by atoms with Crippen LogP contribution in [0, 0.1) is 11.8 Å². The quantitative estimate of drug-likeness (QED) is 0.800. The molecular weight excluding hydrogens is 241 g/mol. The lowest BCUT2D eigenvalue weighted by Gasteiger charge is -2.33. The maximum absolute atomic E-state index is 12.5. The second-order valence-corrected chi connectivity index (χ2v) is 5.48. The molecular formula is C13H25F3N2. The number of alkyl halides is 3. The number of piperidine rings is 1. The zero-order valence-corrected chi connectivity index (χ0v) is 11.2. The maximum Gasteiger partial charge on any atom is 0.391 e. The van der Waals surface area contributed by atoms with Gasteiger partial charge >= 0.3 is 6.18 Å². The first-order valence-corrected chi connectivity index (χ1v) is 6.92. The SMILES string of the molecule is CC(CCN)CCCN1CCC(C(F)(F)F)CC1. The smallest absolute Gasteiger partial charge is 0.330 e. The zero-order chi connectivity index (χ0) is 13.6. The molecule has 1 aliphatic heterocycles. The standard InChI is InChI=1S/C13H25F3N2/c1-11(4-7-17)3-2-8-18-9-5-12(6-10-18)13(14,15)16/h11-12H,2-10,17H2,1H3. The van der Waals surface area contributed by atoms with E-state index in [0.717, 1.165) is 32.4 Å². The van der Waals surface area contributed by atoms with Crippen LogP contribution in [0.2, 0.25) is 0 Å². The Morgan fingerprint density at radius 1 is 1.22 bits per heavy atom. The summed E-state index contributed by atoms with van der Waals surface area (Å²) in [6, 6.07) is 0. The molecule has 1 rings (SSSR count). The van der Waals surface area contributed by atoms with Gasteiger partial charge in [-0.15, -0.1) is 0 Å². The van der Waals surface area contributed by atoms with E-state index in [-0.39, 0.29) is 12.8 Å². The van der Waals surface area contributed by atoms with Gasteiger partial charge in [0.25, 0.3) is 0 Å². The molecule has 0 bridgehead atoms. The van der Waals surface area contributed by atoms with Crippen LogP contribution in [0.3, 0.4) is 0 Å². The predicted octanol–water partition coefficient (Wildman–Crippen LogP) is 3.03. The number of likely N-dealkylation sites (tertiary alicyclic amines) is 1. The average molecular weight is 266 g/mol. The fourth-order valence-electron chi connectivity index (χ4n) is 2.58. The molecule has 18 heavy (non-hydrogen) atoms. The lowest BCUT2D eigenvalue weighted by Crippen LogP contribution is -2.39. The fraction of sp³-hybridized carbons (Fsp3) is 1.00. The van der Waals surface area contributed by atoms with E-state index in [0.29, 0.717) is 19.0 Å². The summed E-state index contributed by atoms with van der Waals surface area (Å²) in [5, 5.41) is 0. The van der Waals surface area contributed by atoms with Crippen molar-refractivity contribution < 1.29 is 13.2 Å². The Morgan fingerprint density at radius 2 is 1.83 bits per heavy atom. The summed E-state index contributed by atoms with van der Waals surface area (Å²) in [4.78, 5) is 2.16. The van der Waals surface area contributed by atoms with E-state index in [1.807, 2.05) is 0 Å². The van der Waals surface area contributed by atoms with Gasteiger partial charge in [0.1, 0.15) is 0 Å². The molecule has 0 aliphatic carbocycles. The number of halogens is 3. The minimum absolute atomic E-state index is 0.266. The van der Waals surface area contributed by atoms with Crippen LogP contribution < -0.4 is 5.73 Å². The Morgan fingerprint density at radius 3 is 2.33 bits per heavy atom. The summed E-state index contributed by atoms with van der Waals surface area (Å²) in [5.41, 5.74) is 5.48. The summed E-state index contributed by atoms with van der Waals surface area (Å²) in [5.74, 6) is -0.451. The third-order valence-corrected chi connectivity index (χ3v) is 3.88. The van der Waals surface area contributed by atoms with E-state index >= 15 is 0 Å². The van der Waals surface area contributed by atoms with Crippen molar-refractivity contribution in [3.63, 3.8) is 0 Å². The molecule has 1 atom stereocenters. The number of hydrogen-bond acceptors (Lipinski definition) is 2. The highest BCUT2D eigenvalue weighted by Gasteiger charge is 2.40. The van der Waals surface area contributed by atoms with Crippen molar-refractivity contribution in [1.29, 1.82) is 0 Å². The summed E-state index contributed by atoms with van der Waals surface area (Å²) in [6.45, 7) is 5.02. The van der Waals surface area contributed by atoms with E-state index in [1.54, 1.807) is 0 Å². The van der Waals surface area contributed by atoms with Crippen molar-refractivity contribution in [2.45, 2.75) is 45.2 Å². The molecule has 0 amide bonds. The summed E-state index contributed by atoms with van der Waals surface area (Å²) in [6.07, 6.45) is -0.240. The van der Waals surface area contributed by atoms with Crippen molar-refractivity contribution in [2.24, 2.45) is 17.6 Å². The number of nitrogens with zero attached hydrogens (tertiary/aromatic N) is 1. The van der Waals surface area contributed by atoms with Gasteiger partial charge in [-0.2, -0.15) is 13.2 Å². The van der Waals surface area contributed by atoms with Crippen molar-refractivity contribution in [3.8, 4) is 0 Å². The van der Waals surface area contributed by atoms with Crippen LogP contribution in [0.15, 0.2) is 0 Å². The summed E-state index contributed by atoms with van der Waals surface area (Å²) < 4.78 is 37.4. The number of nitrogens with two attached hydrogens (primary N) is 1. The predicted molar refractivity (Wildman–Crippen MR) is 67.3 cm³/mol. The van der Waals surface area contributed by atoms with E-state index < -0.39 is 12.1 Å². The molecule has 1 aliphatic rings. The Hall–Kier alpha value is -0.290. The molecule has 1 saturated heterocycles. The normalized spacial score (nSPS) is 21.2. The largest absolute Gasteiger partial charge is 0.391 e. The first-order valence-electron chi connectivity index (χ1n) is 6.92. The van der Waals surface area contributed by atoms with E-state index in [4.69, 9.17) is 5.73 Å². The van der Waals surface area contributed by atoms with Crippen LogP contribution in [0.1, 0.15) is 39.0 Å². The van der Waals surface area contributed by atoms with E-state index in [1.165, 1.54) is 0 Å². The molecule has 0 aromatic heterocycles. The number of rotatable bonds is 6. The van der Waals surface area contributed by atoms with Gasteiger partial charge in [0.15, 0.2) is 0 Å². The Balaban J connectivity index is 2.13. The molecule has 2 nitrogen and oxygen atoms in total. The molecule has 0 aromatic carbocycles. The van der Waals surface area contributed by atoms with Crippen molar-refractivity contribution in [3.05, 3.63) is 0 Å². The average Bonchev–Trinajstić information content (AvgIpc) is 2.29. The topological polar surface area (TPSA) is 29.3 Å². The Bertz CT molecular complexity index is 223. The van der Waals surface area contributed by atoms with Crippen LogP contribution in [-0.2, 0) is 0 Å². The van der Waals surface area contributed by atoms with Crippen molar-refractivity contribution in [2.75, 3.05) is 26.2 Å².